The Bertz CT molecular complexity index is 583. The molecule has 102 valence electrons. The molecule has 0 radical (unpaired) electrons. The Balaban J connectivity index is 2.23. The lowest BCUT2D eigenvalue weighted by molar-refractivity contribution is 0.414. The molecule has 0 bridgehead atoms. The van der Waals surface area contributed by atoms with Crippen molar-refractivity contribution in [2.45, 2.75) is 26.8 Å². The third-order valence-electron chi connectivity index (χ3n) is 2.90. The summed E-state index contributed by atoms with van der Waals surface area (Å²) in [6.45, 7) is 5.97. The van der Waals surface area contributed by atoms with Crippen LogP contribution in [0.25, 0.3) is 0 Å². The van der Waals surface area contributed by atoms with E-state index in [1.54, 1.807) is 30.6 Å². The number of thiazole rings is 1. The van der Waals surface area contributed by atoms with E-state index in [9.17, 15) is 4.39 Å². The summed E-state index contributed by atoms with van der Waals surface area (Å²) in [5, 5.41) is 4.17. The lowest BCUT2D eigenvalue weighted by Gasteiger charge is -2.15. The number of aryl methyl sites for hydroxylation is 2. The van der Waals surface area contributed by atoms with Gasteiger partial charge in [0.2, 0.25) is 0 Å². The predicted octanol–water partition coefficient (Wildman–Crippen LogP) is 4.08. The van der Waals surface area contributed by atoms with Gasteiger partial charge in [-0.15, -0.1) is 11.3 Å². The van der Waals surface area contributed by atoms with Crippen molar-refractivity contribution in [1.82, 2.24) is 4.98 Å². The summed E-state index contributed by atoms with van der Waals surface area (Å²) in [6.07, 6.45) is 0. The monoisotopic (exact) mass is 280 g/mol. The Morgan fingerprint density at radius 3 is 2.68 bits per heavy atom. The first-order valence-electron chi connectivity index (χ1n) is 6.05. The molecule has 0 amide bonds. The molecule has 0 aliphatic heterocycles. The number of benzene rings is 1. The lowest BCUT2D eigenvalue weighted by atomic mass is 10.2. The molecule has 0 fully saturated rings. The van der Waals surface area contributed by atoms with Gasteiger partial charge in [-0.2, -0.15) is 0 Å². The SMILES string of the molecule is COc1ccc(F)c(NC(C)c2nc(C)sc2C)c1. The van der Waals surface area contributed by atoms with E-state index in [-0.39, 0.29) is 11.9 Å². The van der Waals surface area contributed by atoms with Gasteiger partial charge in [0.05, 0.1) is 29.5 Å². The summed E-state index contributed by atoms with van der Waals surface area (Å²) in [6, 6.07) is 4.60. The Hall–Kier alpha value is -1.62. The summed E-state index contributed by atoms with van der Waals surface area (Å²) >= 11 is 1.65. The molecule has 0 aliphatic rings. The molecule has 1 aromatic carbocycles. The number of anilines is 1. The second-order valence-corrected chi connectivity index (χ2v) is 5.79. The first kappa shape index (κ1) is 13.8. The largest absolute Gasteiger partial charge is 0.497 e. The summed E-state index contributed by atoms with van der Waals surface area (Å²) in [7, 11) is 1.56. The maximum absolute atomic E-state index is 13.8. The number of nitrogens with one attached hydrogen (secondary N) is 1. The molecule has 5 heteroatoms. The molecular weight excluding hydrogens is 263 g/mol. The molecule has 2 aromatic rings. The minimum absolute atomic E-state index is 0.0495. The average Bonchev–Trinajstić information content (AvgIpc) is 2.71. The van der Waals surface area contributed by atoms with Crippen LogP contribution in [0.1, 0.15) is 28.5 Å². The van der Waals surface area contributed by atoms with Gasteiger partial charge in [0.25, 0.3) is 0 Å². The first-order chi connectivity index (χ1) is 9.01. The topological polar surface area (TPSA) is 34.1 Å². The third-order valence-corrected chi connectivity index (χ3v) is 3.80. The highest BCUT2D eigenvalue weighted by atomic mass is 32.1. The smallest absolute Gasteiger partial charge is 0.146 e. The van der Waals surface area contributed by atoms with Crippen LogP contribution >= 0.6 is 11.3 Å². The Kier molecular flexibility index (Phi) is 4.04. The standard InChI is InChI=1S/C14H17FN2OS/c1-8(14-9(2)19-10(3)17-14)16-13-7-11(18-4)5-6-12(13)15/h5-8,16H,1-4H3. The molecule has 1 unspecified atom stereocenters. The van der Waals surface area contributed by atoms with Gasteiger partial charge in [0.1, 0.15) is 11.6 Å². The fourth-order valence-electron chi connectivity index (χ4n) is 1.99. The summed E-state index contributed by atoms with van der Waals surface area (Å²) < 4.78 is 18.9. The number of hydrogen-bond donors (Lipinski definition) is 1. The van der Waals surface area contributed by atoms with Crippen LogP contribution < -0.4 is 10.1 Å². The van der Waals surface area contributed by atoms with E-state index < -0.39 is 0 Å². The van der Waals surface area contributed by atoms with Crippen molar-refractivity contribution >= 4 is 17.0 Å². The fourth-order valence-corrected chi connectivity index (χ4v) is 2.90. The van der Waals surface area contributed by atoms with Crippen LogP contribution in [-0.4, -0.2) is 12.1 Å². The minimum Gasteiger partial charge on any atom is -0.497 e. The molecule has 0 aliphatic carbocycles. The van der Waals surface area contributed by atoms with Crippen molar-refractivity contribution in [3.05, 3.63) is 39.6 Å². The zero-order valence-corrected chi connectivity index (χ0v) is 12.3. The minimum atomic E-state index is -0.294. The predicted molar refractivity (Wildman–Crippen MR) is 76.6 cm³/mol. The number of aromatic nitrogens is 1. The molecule has 1 heterocycles. The van der Waals surface area contributed by atoms with Crippen molar-refractivity contribution in [3.63, 3.8) is 0 Å². The number of hydrogen-bond acceptors (Lipinski definition) is 4. The molecular formula is C14H17FN2OS. The van der Waals surface area contributed by atoms with Crippen LogP contribution in [0.3, 0.4) is 0 Å². The van der Waals surface area contributed by atoms with Gasteiger partial charge < -0.3 is 10.1 Å². The van der Waals surface area contributed by atoms with Crippen LogP contribution in [0.4, 0.5) is 10.1 Å². The maximum atomic E-state index is 13.8. The number of nitrogens with zero attached hydrogens (tertiary/aromatic N) is 1. The van der Waals surface area contributed by atoms with Crippen molar-refractivity contribution < 1.29 is 9.13 Å². The number of rotatable bonds is 4. The van der Waals surface area contributed by atoms with Gasteiger partial charge in [-0.1, -0.05) is 0 Å². The van der Waals surface area contributed by atoms with Gasteiger partial charge in [-0.05, 0) is 32.9 Å². The molecule has 1 N–H and O–H groups in total. The van der Waals surface area contributed by atoms with Crippen LogP contribution in [-0.2, 0) is 0 Å². The molecule has 2 rings (SSSR count). The second kappa shape index (κ2) is 5.57. The van der Waals surface area contributed by atoms with Gasteiger partial charge >= 0.3 is 0 Å². The normalized spacial score (nSPS) is 12.3. The highest BCUT2D eigenvalue weighted by Crippen LogP contribution is 2.28. The van der Waals surface area contributed by atoms with Gasteiger partial charge in [-0.3, -0.25) is 0 Å². The van der Waals surface area contributed by atoms with Gasteiger partial charge in [0.15, 0.2) is 0 Å². The number of ether oxygens (including phenoxy) is 1. The highest BCUT2D eigenvalue weighted by Gasteiger charge is 2.15. The molecule has 1 aromatic heterocycles. The van der Waals surface area contributed by atoms with Crippen LogP contribution in [0, 0.1) is 19.7 Å². The molecule has 3 nitrogen and oxygen atoms in total. The zero-order chi connectivity index (χ0) is 14.0. The number of halogens is 1. The van der Waals surface area contributed by atoms with Crippen LogP contribution in [0.15, 0.2) is 18.2 Å². The molecule has 19 heavy (non-hydrogen) atoms. The summed E-state index contributed by atoms with van der Waals surface area (Å²) in [5.74, 6) is 0.333. The van der Waals surface area contributed by atoms with E-state index >= 15 is 0 Å². The van der Waals surface area contributed by atoms with E-state index in [0.29, 0.717) is 11.4 Å². The Morgan fingerprint density at radius 1 is 1.37 bits per heavy atom. The van der Waals surface area contributed by atoms with Crippen molar-refractivity contribution in [1.29, 1.82) is 0 Å². The van der Waals surface area contributed by atoms with Crippen LogP contribution in [0.2, 0.25) is 0 Å². The third kappa shape index (κ3) is 3.04. The summed E-state index contributed by atoms with van der Waals surface area (Å²) in [4.78, 5) is 5.63. The first-order valence-corrected chi connectivity index (χ1v) is 6.87. The lowest BCUT2D eigenvalue weighted by Crippen LogP contribution is -2.09. The molecule has 1 atom stereocenters. The van der Waals surface area contributed by atoms with Gasteiger partial charge in [-0.25, -0.2) is 9.37 Å². The Morgan fingerprint density at radius 2 is 2.11 bits per heavy atom. The van der Waals surface area contributed by atoms with E-state index in [4.69, 9.17) is 4.74 Å². The second-order valence-electron chi connectivity index (χ2n) is 4.39. The van der Waals surface area contributed by atoms with E-state index in [0.717, 1.165) is 15.6 Å². The summed E-state index contributed by atoms with van der Waals surface area (Å²) in [5.41, 5.74) is 1.39. The van der Waals surface area contributed by atoms with E-state index in [1.165, 1.54) is 6.07 Å². The maximum Gasteiger partial charge on any atom is 0.146 e. The van der Waals surface area contributed by atoms with E-state index in [1.807, 2.05) is 20.8 Å². The number of methoxy groups -OCH3 is 1. The Labute approximate surface area is 116 Å². The van der Waals surface area contributed by atoms with E-state index in [2.05, 4.69) is 10.3 Å². The quantitative estimate of drug-likeness (QED) is 0.916. The fraction of sp³-hybridized carbons (Fsp3) is 0.357. The van der Waals surface area contributed by atoms with Crippen molar-refractivity contribution in [3.8, 4) is 5.75 Å². The molecule has 0 spiro atoms. The van der Waals surface area contributed by atoms with Crippen LogP contribution in [0.5, 0.6) is 5.75 Å². The molecule has 0 saturated carbocycles. The average molecular weight is 280 g/mol. The zero-order valence-electron chi connectivity index (χ0n) is 11.5. The van der Waals surface area contributed by atoms with Crippen molar-refractivity contribution in [2.75, 3.05) is 12.4 Å². The molecule has 0 saturated heterocycles. The van der Waals surface area contributed by atoms with Crippen molar-refractivity contribution in [2.24, 2.45) is 0 Å². The highest BCUT2D eigenvalue weighted by molar-refractivity contribution is 7.11. The van der Waals surface area contributed by atoms with Gasteiger partial charge in [0, 0.05) is 10.9 Å².